The number of hydrogen-bond acceptors (Lipinski definition) is 1. The third-order valence-electron chi connectivity index (χ3n) is 3.42. The molecule has 2 unspecified atom stereocenters. The molecule has 0 spiro atoms. The van der Waals surface area contributed by atoms with Crippen molar-refractivity contribution in [1.29, 1.82) is 0 Å². The van der Waals surface area contributed by atoms with Gasteiger partial charge in [0.1, 0.15) is 0 Å². The van der Waals surface area contributed by atoms with E-state index in [1.807, 2.05) is 0 Å². The van der Waals surface area contributed by atoms with Crippen molar-refractivity contribution < 1.29 is 4.74 Å². The lowest BCUT2D eigenvalue weighted by molar-refractivity contribution is 0.112. The number of hydrogen-bond donors (Lipinski definition) is 0. The smallest absolute Gasteiger partial charge is 0.0825 e. The Kier molecular flexibility index (Phi) is 3.42. The van der Waals surface area contributed by atoms with Crippen LogP contribution in [0, 0.1) is 0 Å². The molecule has 0 saturated carbocycles. The molecule has 1 saturated heterocycles. The molecule has 1 aromatic rings. The molecule has 15 heavy (non-hydrogen) atoms. The lowest BCUT2D eigenvalue weighted by Crippen LogP contribution is -1.97. The van der Waals surface area contributed by atoms with E-state index >= 15 is 0 Å². The Hall–Kier alpha value is -0.820. The lowest BCUT2D eigenvalue weighted by Gasteiger charge is -2.13. The van der Waals surface area contributed by atoms with Crippen LogP contribution in [0.3, 0.4) is 0 Å². The molecule has 1 aromatic carbocycles. The van der Waals surface area contributed by atoms with Gasteiger partial charge in [0.05, 0.1) is 6.10 Å². The average molecular weight is 204 g/mol. The maximum atomic E-state index is 5.67. The van der Waals surface area contributed by atoms with E-state index in [1.165, 1.54) is 30.4 Å². The van der Waals surface area contributed by atoms with Crippen molar-refractivity contribution in [3.63, 3.8) is 0 Å². The largest absolute Gasteiger partial charge is 0.374 e. The highest BCUT2D eigenvalue weighted by atomic mass is 16.5. The minimum Gasteiger partial charge on any atom is -0.374 e. The summed E-state index contributed by atoms with van der Waals surface area (Å²) < 4.78 is 5.67. The summed E-state index contributed by atoms with van der Waals surface area (Å²) in [5.74, 6) is 0.670. The maximum absolute atomic E-state index is 5.67. The van der Waals surface area contributed by atoms with Crippen molar-refractivity contribution in [2.75, 3.05) is 6.61 Å². The Morgan fingerprint density at radius 1 is 1.33 bits per heavy atom. The molecule has 1 heteroatoms. The first kappa shape index (κ1) is 10.7. The first-order valence-electron chi connectivity index (χ1n) is 6.02. The van der Waals surface area contributed by atoms with E-state index in [0.29, 0.717) is 12.0 Å². The number of benzene rings is 1. The molecule has 0 amide bonds. The molecule has 0 radical (unpaired) electrons. The van der Waals surface area contributed by atoms with Crippen LogP contribution in [0.15, 0.2) is 24.3 Å². The first-order valence-corrected chi connectivity index (χ1v) is 6.02. The predicted molar refractivity (Wildman–Crippen MR) is 63.1 cm³/mol. The van der Waals surface area contributed by atoms with Crippen LogP contribution in [-0.4, -0.2) is 6.61 Å². The molecule has 2 atom stereocenters. The minimum atomic E-state index is 0.357. The summed E-state index contributed by atoms with van der Waals surface area (Å²) in [6, 6.07) is 8.98. The van der Waals surface area contributed by atoms with E-state index in [9.17, 15) is 0 Å². The van der Waals surface area contributed by atoms with Crippen LogP contribution >= 0.6 is 0 Å². The molecule has 82 valence electrons. The van der Waals surface area contributed by atoms with Crippen LogP contribution in [0.5, 0.6) is 0 Å². The molecule has 0 aliphatic carbocycles. The molecule has 1 nitrogen and oxygen atoms in total. The van der Waals surface area contributed by atoms with Gasteiger partial charge in [-0.1, -0.05) is 38.1 Å². The van der Waals surface area contributed by atoms with Crippen LogP contribution in [0.25, 0.3) is 0 Å². The second kappa shape index (κ2) is 4.80. The van der Waals surface area contributed by atoms with Crippen molar-refractivity contribution in [1.82, 2.24) is 0 Å². The fourth-order valence-electron chi connectivity index (χ4n) is 2.12. The van der Waals surface area contributed by atoms with E-state index in [1.54, 1.807) is 0 Å². The third-order valence-corrected chi connectivity index (χ3v) is 3.42. The zero-order valence-electron chi connectivity index (χ0n) is 9.70. The van der Waals surface area contributed by atoms with Gasteiger partial charge >= 0.3 is 0 Å². The summed E-state index contributed by atoms with van der Waals surface area (Å²) >= 11 is 0. The highest BCUT2D eigenvalue weighted by Crippen LogP contribution is 2.29. The summed E-state index contributed by atoms with van der Waals surface area (Å²) in [7, 11) is 0. The molecule has 0 N–H and O–H groups in total. The van der Waals surface area contributed by atoms with Gasteiger partial charge in [0.25, 0.3) is 0 Å². The number of rotatable bonds is 3. The zero-order valence-corrected chi connectivity index (χ0v) is 9.70. The monoisotopic (exact) mass is 204 g/mol. The van der Waals surface area contributed by atoms with Gasteiger partial charge in [-0.25, -0.2) is 0 Å². The van der Waals surface area contributed by atoms with Gasteiger partial charge < -0.3 is 4.74 Å². The summed E-state index contributed by atoms with van der Waals surface area (Å²) in [6.45, 7) is 5.44. The topological polar surface area (TPSA) is 9.23 Å². The summed E-state index contributed by atoms with van der Waals surface area (Å²) in [5.41, 5.74) is 2.79. The summed E-state index contributed by atoms with van der Waals surface area (Å²) in [5, 5.41) is 0. The van der Waals surface area contributed by atoms with Crippen molar-refractivity contribution in [3.05, 3.63) is 35.4 Å². The molecule has 2 rings (SSSR count). The second-order valence-electron chi connectivity index (χ2n) is 4.48. The van der Waals surface area contributed by atoms with Crippen LogP contribution in [0.2, 0.25) is 0 Å². The van der Waals surface area contributed by atoms with Crippen LogP contribution in [0.4, 0.5) is 0 Å². The quantitative estimate of drug-likeness (QED) is 0.721. The molecule has 0 aromatic heterocycles. The minimum absolute atomic E-state index is 0.357. The predicted octanol–water partition coefficient (Wildman–Crippen LogP) is 4.05. The van der Waals surface area contributed by atoms with E-state index in [0.717, 1.165) is 6.61 Å². The van der Waals surface area contributed by atoms with Gasteiger partial charge in [0.2, 0.25) is 0 Å². The van der Waals surface area contributed by atoms with E-state index in [-0.39, 0.29) is 0 Å². The molecule has 1 fully saturated rings. The Morgan fingerprint density at radius 2 is 2.07 bits per heavy atom. The van der Waals surface area contributed by atoms with Crippen molar-refractivity contribution in [3.8, 4) is 0 Å². The first-order chi connectivity index (χ1) is 7.31. The SMILES string of the molecule is CCC(C)c1ccc(C2CCCO2)cc1. The van der Waals surface area contributed by atoms with Gasteiger partial charge in [0.15, 0.2) is 0 Å². The van der Waals surface area contributed by atoms with Crippen LogP contribution in [-0.2, 0) is 4.74 Å². The fourth-order valence-corrected chi connectivity index (χ4v) is 2.12. The van der Waals surface area contributed by atoms with Gasteiger partial charge in [-0.05, 0) is 36.3 Å². The van der Waals surface area contributed by atoms with Gasteiger partial charge in [-0.2, -0.15) is 0 Å². The normalized spacial score (nSPS) is 22.9. The Balaban J connectivity index is 2.09. The third kappa shape index (κ3) is 2.40. The zero-order chi connectivity index (χ0) is 10.7. The van der Waals surface area contributed by atoms with Gasteiger partial charge in [-0.3, -0.25) is 0 Å². The van der Waals surface area contributed by atoms with Crippen molar-refractivity contribution in [2.45, 2.75) is 45.1 Å². The Morgan fingerprint density at radius 3 is 2.60 bits per heavy atom. The van der Waals surface area contributed by atoms with E-state index < -0.39 is 0 Å². The van der Waals surface area contributed by atoms with E-state index in [4.69, 9.17) is 4.74 Å². The van der Waals surface area contributed by atoms with E-state index in [2.05, 4.69) is 38.1 Å². The molecule has 1 aliphatic rings. The summed E-state index contributed by atoms with van der Waals surface area (Å²) in [6.07, 6.45) is 3.95. The highest BCUT2D eigenvalue weighted by Gasteiger charge is 2.17. The standard InChI is InChI=1S/C14H20O/c1-3-11(2)12-6-8-13(9-7-12)14-5-4-10-15-14/h6-9,11,14H,3-5,10H2,1-2H3. The van der Waals surface area contributed by atoms with Crippen LogP contribution < -0.4 is 0 Å². The van der Waals surface area contributed by atoms with Crippen molar-refractivity contribution >= 4 is 0 Å². The maximum Gasteiger partial charge on any atom is 0.0825 e. The molecule has 0 bridgehead atoms. The Bertz CT molecular complexity index is 296. The highest BCUT2D eigenvalue weighted by molar-refractivity contribution is 5.26. The molecule has 1 aliphatic heterocycles. The van der Waals surface area contributed by atoms with Crippen molar-refractivity contribution in [2.24, 2.45) is 0 Å². The fraction of sp³-hybridized carbons (Fsp3) is 0.571. The number of ether oxygens (including phenoxy) is 1. The van der Waals surface area contributed by atoms with Crippen LogP contribution in [0.1, 0.15) is 56.3 Å². The van der Waals surface area contributed by atoms with Gasteiger partial charge in [0, 0.05) is 6.61 Å². The van der Waals surface area contributed by atoms with Gasteiger partial charge in [-0.15, -0.1) is 0 Å². The molecule has 1 heterocycles. The molecular weight excluding hydrogens is 184 g/mol. The lowest BCUT2D eigenvalue weighted by atomic mass is 9.96. The second-order valence-corrected chi connectivity index (χ2v) is 4.48. The Labute approximate surface area is 92.5 Å². The summed E-state index contributed by atoms with van der Waals surface area (Å²) in [4.78, 5) is 0. The molecular formula is C14H20O. The average Bonchev–Trinajstić information content (AvgIpc) is 2.82.